The minimum Gasteiger partial charge on any atom is -0.495 e. The van der Waals surface area contributed by atoms with E-state index in [2.05, 4.69) is 20.8 Å². The van der Waals surface area contributed by atoms with E-state index in [0.29, 0.717) is 36.5 Å². The quantitative estimate of drug-likeness (QED) is 0.876. The lowest BCUT2D eigenvalue weighted by Crippen LogP contribution is -2.48. The maximum atomic E-state index is 12.3. The van der Waals surface area contributed by atoms with Crippen molar-refractivity contribution in [2.45, 2.75) is 4.90 Å². The third-order valence-corrected chi connectivity index (χ3v) is 4.57. The largest absolute Gasteiger partial charge is 0.495 e. The second-order valence-corrected chi connectivity index (χ2v) is 6.53. The van der Waals surface area contributed by atoms with Crippen molar-refractivity contribution in [3.05, 3.63) is 22.7 Å². The summed E-state index contributed by atoms with van der Waals surface area (Å²) in [6.07, 6.45) is 0. The lowest BCUT2D eigenvalue weighted by Gasteiger charge is -2.27. The van der Waals surface area contributed by atoms with E-state index in [4.69, 9.17) is 9.47 Å². The van der Waals surface area contributed by atoms with Gasteiger partial charge in [-0.15, -0.1) is 4.83 Å². The summed E-state index contributed by atoms with van der Waals surface area (Å²) < 4.78 is 35.6. The summed E-state index contributed by atoms with van der Waals surface area (Å²) in [4.78, 5) is 2.65. The first-order chi connectivity index (χ1) is 9.03. The Morgan fingerprint density at radius 1 is 1.37 bits per heavy atom. The second kappa shape index (κ2) is 6.19. The number of hydrogen-bond donors (Lipinski definition) is 1. The number of ether oxygens (including phenoxy) is 2. The van der Waals surface area contributed by atoms with Crippen molar-refractivity contribution in [1.82, 2.24) is 9.84 Å². The van der Waals surface area contributed by atoms with Crippen molar-refractivity contribution < 1.29 is 17.9 Å². The van der Waals surface area contributed by atoms with E-state index in [-0.39, 0.29) is 4.90 Å². The van der Waals surface area contributed by atoms with Gasteiger partial charge in [-0.25, -0.2) is 13.4 Å². The molecule has 0 saturated carbocycles. The number of rotatable bonds is 4. The molecule has 1 saturated heterocycles. The molecule has 1 aliphatic heterocycles. The van der Waals surface area contributed by atoms with Crippen LogP contribution in [0.4, 0.5) is 0 Å². The SMILES string of the molecule is COc1ccc(Br)cc1S(=O)(=O)NN1CCOCC1. The highest BCUT2D eigenvalue weighted by Gasteiger charge is 2.23. The first-order valence-electron chi connectivity index (χ1n) is 5.71. The topological polar surface area (TPSA) is 67.9 Å². The lowest BCUT2D eigenvalue weighted by atomic mass is 10.3. The Morgan fingerprint density at radius 3 is 2.68 bits per heavy atom. The number of benzene rings is 1. The molecule has 1 fully saturated rings. The van der Waals surface area contributed by atoms with Gasteiger partial charge in [0.1, 0.15) is 10.6 Å². The molecule has 0 spiro atoms. The molecule has 0 aliphatic carbocycles. The average Bonchev–Trinajstić information content (AvgIpc) is 2.39. The molecule has 8 heteroatoms. The average molecular weight is 351 g/mol. The monoisotopic (exact) mass is 350 g/mol. The Kier molecular flexibility index (Phi) is 4.80. The van der Waals surface area contributed by atoms with Crippen LogP contribution in [-0.2, 0) is 14.8 Å². The first-order valence-corrected chi connectivity index (χ1v) is 7.99. The molecule has 1 heterocycles. The van der Waals surface area contributed by atoms with E-state index in [0.717, 1.165) is 0 Å². The Morgan fingerprint density at radius 2 is 2.05 bits per heavy atom. The molecule has 0 atom stereocenters. The molecule has 1 aromatic carbocycles. The third kappa shape index (κ3) is 3.67. The summed E-state index contributed by atoms with van der Waals surface area (Å²) in [6, 6.07) is 4.85. The Labute approximate surface area is 120 Å². The molecule has 2 rings (SSSR count). The molecule has 1 aromatic rings. The number of sulfonamides is 1. The zero-order valence-corrected chi connectivity index (χ0v) is 12.8. The van der Waals surface area contributed by atoms with Gasteiger partial charge in [0.05, 0.1) is 20.3 Å². The number of methoxy groups -OCH3 is 1. The maximum absolute atomic E-state index is 12.3. The Hall–Kier alpha value is -0.670. The fourth-order valence-electron chi connectivity index (χ4n) is 1.73. The number of hydrazine groups is 1. The predicted octanol–water partition coefficient (Wildman–Crippen LogP) is 0.983. The van der Waals surface area contributed by atoms with Crippen LogP contribution < -0.4 is 9.57 Å². The van der Waals surface area contributed by atoms with Gasteiger partial charge in [-0.05, 0) is 18.2 Å². The summed E-state index contributed by atoms with van der Waals surface area (Å²) in [6.45, 7) is 2.07. The van der Waals surface area contributed by atoms with E-state index >= 15 is 0 Å². The van der Waals surface area contributed by atoms with Gasteiger partial charge in [-0.1, -0.05) is 15.9 Å². The standard InChI is InChI=1S/C11H15BrN2O4S/c1-17-10-3-2-9(12)8-11(10)19(15,16)13-14-4-6-18-7-5-14/h2-3,8,13H,4-7H2,1H3. The molecule has 106 valence electrons. The predicted molar refractivity (Wildman–Crippen MR) is 73.4 cm³/mol. The lowest BCUT2D eigenvalue weighted by molar-refractivity contribution is 0.0272. The van der Waals surface area contributed by atoms with E-state index in [1.54, 1.807) is 17.1 Å². The van der Waals surface area contributed by atoms with Crippen LogP contribution in [0.15, 0.2) is 27.6 Å². The summed E-state index contributed by atoms with van der Waals surface area (Å²) in [5, 5.41) is 1.62. The minimum atomic E-state index is -3.66. The maximum Gasteiger partial charge on any atom is 0.257 e. The molecule has 1 aliphatic rings. The highest BCUT2D eigenvalue weighted by atomic mass is 79.9. The van der Waals surface area contributed by atoms with Crippen molar-refractivity contribution in [3.8, 4) is 5.75 Å². The van der Waals surface area contributed by atoms with E-state index in [9.17, 15) is 8.42 Å². The fourth-order valence-corrected chi connectivity index (χ4v) is 3.57. The van der Waals surface area contributed by atoms with Gasteiger partial charge in [0, 0.05) is 17.6 Å². The molecule has 0 bridgehead atoms. The van der Waals surface area contributed by atoms with Crippen molar-refractivity contribution in [2.24, 2.45) is 0 Å². The number of hydrogen-bond acceptors (Lipinski definition) is 5. The van der Waals surface area contributed by atoms with Crippen LogP contribution in [-0.4, -0.2) is 46.8 Å². The zero-order valence-electron chi connectivity index (χ0n) is 10.4. The van der Waals surface area contributed by atoms with Crippen molar-refractivity contribution in [2.75, 3.05) is 33.4 Å². The van der Waals surface area contributed by atoms with Crippen molar-refractivity contribution >= 4 is 26.0 Å². The van der Waals surface area contributed by atoms with Crippen LogP contribution in [0.3, 0.4) is 0 Å². The number of nitrogens with zero attached hydrogens (tertiary/aromatic N) is 1. The highest BCUT2D eigenvalue weighted by molar-refractivity contribution is 9.10. The van der Waals surface area contributed by atoms with Gasteiger partial charge >= 0.3 is 0 Å². The number of halogens is 1. The summed E-state index contributed by atoms with van der Waals surface area (Å²) in [5.74, 6) is 0.309. The highest BCUT2D eigenvalue weighted by Crippen LogP contribution is 2.27. The number of nitrogens with one attached hydrogen (secondary N) is 1. The van der Waals surface area contributed by atoms with Crippen LogP contribution in [0.25, 0.3) is 0 Å². The van der Waals surface area contributed by atoms with Crippen molar-refractivity contribution in [1.29, 1.82) is 0 Å². The molecule has 0 radical (unpaired) electrons. The van der Waals surface area contributed by atoms with Crippen molar-refractivity contribution in [3.63, 3.8) is 0 Å². The second-order valence-electron chi connectivity index (χ2n) is 3.99. The molecule has 0 amide bonds. The van der Waals surface area contributed by atoms with Crippen LogP contribution in [0.1, 0.15) is 0 Å². The number of morpholine rings is 1. The summed E-state index contributed by atoms with van der Waals surface area (Å²) in [5.41, 5.74) is 0. The molecule has 6 nitrogen and oxygen atoms in total. The van der Waals surface area contributed by atoms with E-state index < -0.39 is 10.0 Å². The van der Waals surface area contributed by atoms with E-state index in [1.165, 1.54) is 13.2 Å². The van der Waals surface area contributed by atoms with Gasteiger partial charge in [-0.3, -0.25) is 0 Å². The van der Waals surface area contributed by atoms with E-state index in [1.807, 2.05) is 0 Å². The zero-order chi connectivity index (χ0) is 13.9. The fraction of sp³-hybridized carbons (Fsp3) is 0.455. The third-order valence-electron chi connectivity index (χ3n) is 2.68. The Bertz CT molecular complexity index is 544. The molecule has 1 N–H and O–H groups in total. The van der Waals surface area contributed by atoms with Crippen LogP contribution in [0, 0.1) is 0 Å². The van der Waals surface area contributed by atoms with Gasteiger partial charge in [0.2, 0.25) is 0 Å². The summed E-state index contributed by atoms with van der Waals surface area (Å²) >= 11 is 3.26. The van der Waals surface area contributed by atoms with Crippen LogP contribution in [0.2, 0.25) is 0 Å². The normalized spacial score (nSPS) is 17.4. The van der Waals surface area contributed by atoms with Crippen LogP contribution in [0.5, 0.6) is 5.75 Å². The minimum absolute atomic E-state index is 0.107. The van der Waals surface area contributed by atoms with Gasteiger partial charge in [-0.2, -0.15) is 0 Å². The van der Waals surface area contributed by atoms with Crippen LogP contribution >= 0.6 is 15.9 Å². The molecule has 0 unspecified atom stereocenters. The first kappa shape index (κ1) is 14.7. The molecular formula is C11H15BrN2O4S. The Balaban J connectivity index is 2.25. The molecular weight excluding hydrogens is 336 g/mol. The molecule has 19 heavy (non-hydrogen) atoms. The van der Waals surface area contributed by atoms with Gasteiger partial charge in [0.25, 0.3) is 10.0 Å². The van der Waals surface area contributed by atoms with Gasteiger partial charge in [0.15, 0.2) is 0 Å². The smallest absolute Gasteiger partial charge is 0.257 e. The summed E-state index contributed by atoms with van der Waals surface area (Å²) in [7, 11) is -2.22. The molecule has 0 aromatic heterocycles. The van der Waals surface area contributed by atoms with Gasteiger partial charge < -0.3 is 9.47 Å².